The Kier molecular flexibility index (Phi) is 4.16. The average Bonchev–Trinajstić information content (AvgIpc) is 2.99. The van der Waals surface area contributed by atoms with Crippen molar-refractivity contribution in [3.63, 3.8) is 0 Å². The first-order valence-corrected chi connectivity index (χ1v) is 6.14. The molecule has 1 amide bonds. The molecule has 1 heterocycles. The molecule has 0 aromatic heterocycles. The van der Waals surface area contributed by atoms with Gasteiger partial charge in [0.15, 0.2) is 0 Å². The molecule has 1 aromatic rings. The predicted molar refractivity (Wildman–Crippen MR) is 72.2 cm³/mol. The van der Waals surface area contributed by atoms with Crippen LogP contribution in [0, 0.1) is 10.1 Å². The van der Waals surface area contributed by atoms with E-state index in [1.165, 1.54) is 23.1 Å². The van der Waals surface area contributed by atoms with Crippen LogP contribution in [-0.4, -0.2) is 42.0 Å². The molecule has 8 heteroatoms. The third-order valence-electron chi connectivity index (χ3n) is 3.36. The minimum Gasteiger partial charge on any atom is -0.379 e. The van der Waals surface area contributed by atoms with Crippen molar-refractivity contribution in [1.82, 2.24) is 4.90 Å². The van der Waals surface area contributed by atoms with E-state index < -0.39 is 10.8 Å². The Morgan fingerprint density at radius 2 is 2.35 bits per heavy atom. The highest BCUT2D eigenvalue weighted by Gasteiger charge is 2.29. The smallest absolute Gasteiger partial charge is 0.282 e. The van der Waals surface area contributed by atoms with Crippen LogP contribution in [0.5, 0.6) is 0 Å². The Hall–Kier alpha value is -2.19. The summed E-state index contributed by atoms with van der Waals surface area (Å²) in [5.41, 5.74) is 2.60. The summed E-state index contributed by atoms with van der Waals surface area (Å²) in [5.74, 6) is 4.87. The van der Waals surface area contributed by atoms with Crippen LogP contribution in [0.15, 0.2) is 18.2 Å². The lowest BCUT2D eigenvalue weighted by Gasteiger charge is -2.23. The number of nitrogens with two attached hydrogens (primary N) is 1. The molecule has 108 valence electrons. The molecular weight excluding hydrogens is 264 g/mol. The van der Waals surface area contributed by atoms with E-state index in [0.29, 0.717) is 18.9 Å². The average molecular weight is 280 g/mol. The molecule has 1 aromatic carbocycles. The van der Waals surface area contributed by atoms with Gasteiger partial charge in [-0.1, -0.05) is 0 Å². The van der Waals surface area contributed by atoms with E-state index in [0.717, 1.165) is 6.42 Å². The lowest BCUT2D eigenvalue weighted by atomic mass is 10.1. The molecule has 1 atom stereocenters. The fourth-order valence-electron chi connectivity index (χ4n) is 2.14. The van der Waals surface area contributed by atoms with Crippen molar-refractivity contribution in [3.8, 4) is 0 Å². The number of hydrogen-bond acceptors (Lipinski definition) is 6. The molecule has 1 aliphatic rings. The molecule has 2 rings (SSSR count). The number of nitro groups is 1. The number of ether oxygens (including phenoxy) is 1. The molecular formula is C12H16N4O4. The highest BCUT2D eigenvalue weighted by molar-refractivity contribution is 5.99. The number of nitrogens with zero attached hydrogens (tertiary/aromatic N) is 2. The summed E-state index contributed by atoms with van der Waals surface area (Å²) in [6.45, 7) is 1.04. The molecule has 1 aliphatic heterocycles. The molecule has 0 bridgehead atoms. The monoisotopic (exact) mass is 280 g/mol. The summed E-state index contributed by atoms with van der Waals surface area (Å²) in [4.78, 5) is 24.4. The number of amides is 1. The molecule has 0 radical (unpaired) electrons. The summed E-state index contributed by atoms with van der Waals surface area (Å²) < 4.78 is 5.23. The third-order valence-corrected chi connectivity index (χ3v) is 3.36. The van der Waals surface area contributed by atoms with E-state index in [1.54, 1.807) is 7.05 Å². The minimum absolute atomic E-state index is 0.0137. The fourth-order valence-corrected chi connectivity index (χ4v) is 2.14. The molecule has 0 saturated carbocycles. The van der Waals surface area contributed by atoms with Crippen molar-refractivity contribution in [3.05, 3.63) is 33.9 Å². The maximum Gasteiger partial charge on any atom is 0.282 e. The van der Waals surface area contributed by atoms with Crippen LogP contribution in [-0.2, 0) is 4.74 Å². The van der Waals surface area contributed by atoms with Crippen molar-refractivity contribution < 1.29 is 14.5 Å². The van der Waals surface area contributed by atoms with Crippen LogP contribution in [0.3, 0.4) is 0 Å². The van der Waals surface area contributed by atoms with Crippen LogP contribution < -0.4 is 11.3 Å². The largest absolute Gasteiger partial charge is 0.379 e. The van der Waals surface area contributed by atoms with Gasteiger partial charge in [0.2, 0.25) is 0 Å². The summed E-state index contributed by atoms with van der Waals surface area (Å²) in [6, 6.07) is 4.04. The molecule has 0 aliphatic carbocycles. The van der Waals surface area contributed by atoms with Gasteiger partial charge < -0.3 is 15.1 Å². The molecule has 8 nitrogen and oxygen atoms in total. The Balaban J connectivity index is 2.33. The van der Waals surface area contributed by atoms with Crippen LogP contribution in [0.4, 0.5) is 11.4 Å². The lowest BCUT2D eigenvalue weighted by Crippen LogP contribution is -2.37. The predicted octanol–water partition coefficient (Wildman–Crippen LogP) is 0.741. The topological polar surface area (TPSA) is 111 Å². The number of carbonyl (C=O) groups excluding carboxylic acids is 1. The number of hydrazine groups is 1. The van der Waals surface area contributed by atoms with Gasteiger partial charge in [0.1, 0.15) is 5.56 Å². The number of anilines is 1. The van der Waals surface area contributed by atoms with Crippen LogP contribution in [0.25, 0.3) is 0 Å². The normalized spacial score (nSPS) is 17.8. The van der Waals surface area contributed by atoms with Crippen LogP contribution in [0.1, 0.15) is 16.8 Å². The first kappa shape index (κ1) is 14.2. The van der Waals surface area contributed by atoms with Gasteiger partial charge in [-0.05, 0) is 18.6 Å². The molecule has 3 N–H and O–H groups in total. The second-order valence-corrected chi connectivity index (χ2v) is 4.57. The van der Waals surface area contributed by atoms with Gasteiger partial charge in [0.05, 0.1) is 17.6 Å². The summed E-state index contributed by atoms with van der Waals surface area (Å²) in [7, 11) is 1.62. The van der Waals surface area contributed by atoms with E-state index in [1.807, 2.05) is 0 Å². The Morgan fingerprint density at radius 3 is 2.90 bits per heavy atom. The molecule has 1 saturated heterocycles. The van der Waals surface area contributed by atoms with Gasteiger partial charge in [-0.3, -0.25) is 20.8 Å². The molecule has 20 heavy (non-hydrogen) atoms. The Labute approximate surface area is 115 Å². The van der Waals surface area contributed by atoms with Gasteiger partial charge in [-0.25, -0.2) is 0 Å². The van der Waals surface area contributed by atoms with Gasteiger partial charge in [-0.2, -0.15) is 0 Å². The van der Waals surface area contributed by atoms with E-state index in [-0.39, 0.29) is 17.3 Å². The first-order chi connectivity index (χ1) is 9.54. The van der Waals surface area contributed by atoms with E-state index in [4.69, 9.17) is 10.6 Å². The first-order valence-electron chi connectivity index (χ1n) is 6.14. The van der Waals surface area contributed by atoms with Gasteiger partial charge in [0.25, 0.3) is 11.6 Å². The van der Waals surface area contributed by atoms with Gasteiger partial charge in [0, 0.05) is 25.4 Å². The summed E-state index contributed by atoms with van der Waals surface area (Å²) in [6.07, 6.45) is 0.727. The number of benzene rings is 1. The number of nitro benzene ring substituents is 1. The maximum atomic E-state index is 12.4. The van der Waals surface area contributed by atoms with Crippen molar-refractivity contribution in [2.24, 2.45) is 5.84 Å². The number of rotatable bonds is 4. The Morgan fingerprint density at radius 1 is 1.60 bits per heavy atom. The summed E-state index contributed by atoms with van der Waals surface area (Å²) >= 11 is 0. The van der Waals surface area contributed by atoms with E-state index >= 15 is 0 Å². The zero-order valence-corrected chi connectivity index (χ0v) is 11.0. The lowest BCUT2D eigenvalue weighted by molar-refractivity contribution is -0.385. The van der Waals surface area contributed by atoms with E-state index in [2.05, 4.69) is 5.43 Å². The van der Waals surface area contributed by atoms with Crippen LogP contribution in [0.2, 0.25) is 0 Å². The SMILES string of the molecule is CN(C(=O)c1cc(NN)ccc1[N+](=O)[O-])C1CCOC1. The second-order valence-electron chi connectivity index (χ2n) is 4.57. The van der Waals surface area contributed by atoms with Crippen molar-refractivity contribution in [2.45, 2.75) is 12.5 Å². The number of likely N-dealkylation sites (N-methyl/N-ethyl adjacent to an activating group) is 1. The third kappa shape index (κ3) is 2.70. The number of hydrogen-bond donors (Lipinski definition) is 2. The number of carbonyl (C=O) groups is 1. The van der Waals surface area contributed by atoms with Gasteiger partial charge in [-0.15, -0.1) is 0 Å². The zero-order valence-electron chi connectivity index (χ0n) is 11.0. The highest BCUT2D eigenvalue weighted by atomic mass is 16.6. The minimum atomic E-state index is -0.577. The van der Waals surface area contributed by atoms with Crippen LogP contribution >= 0.6 is 0 Å². The second kappa shape index (κ2) is 5.85. The zero-order chi connectivity index (χ0) is 14.7. The maximum absolute atomic E-state index is 12.4. The highest BCUT2D eigenvalue weighted by Crippen LogP contribution is 2.25. The van der Waals surface area contributed by atoms with Gasteiger partial charge >= 0.3 is 0 Å². The Bertz CT molecular complexity index is 528. The summed E-state index contributed by atoms with van der Waals surface area (Å²) in [5, 5.41) is 11.0. The number of nitrogen functional groups attached to an aromatic ring is 1. The van der Waals surface area contributed by atoms with Crippen molar-refractivity contribution >= 4 is 17.3 Å². The standard InChI is InChI=1S/C12H16N4O4/c1-15(9-4-5-20-7-9)12(17)10-6-8(14-13)2-3-11(10)16(18)19/h2-3,6,9,14H,4-5,7,13H2,1H3. The van der Waals surface area contributed by atoms with Crippen molar-refractivity contribution in [1.29, 1.82) is 0 Å². The number of nitrogens with one attached hydrogen (secondary N) is 1. The quantitative estimate of drug-likeness (QED) is 0.478. The van der Waals surface area contributed by atoms with Crippen molar-refractivity contribution in [2.75, 3.05) is 25.7 Å². The molecule has 1 unspecified atom stereocenters. The fraction of sp³-hybridized carbons (Fsp3) is 0.417. The molecule has 1 fully saturated rings. The van der Waals surface area contributed by atoms with E-state index in [9.17, 15) is 14.9 Å². The molecule has 0 spiro atoms.